The van der Waals surface area contributed by atoms with Crippen LogP contribution >= 0.6 is 0 Å². The summed E-state index contributed by atoms with van der Waals surface area (Å²) in [5, 5.41) is 5.59. The molecule has 0 bridgehead atoms. The van der Waals surface area contributed by atoms with Gasteiger partial charge in [0, 0.05) is 31.7 Å². The van der Waals surface area contributed by atoms with Crippen molar-refractivity contribution < 1.29 is 19.1 Å². The maximum Gasteiger partial charge on any atom is 0.308 e. The lowest BCUT2D eigenvalue weighted by atomic mass is 10.2. The zero-order valence-corrected chi connectivity index (χ0v) is 14.6. The van der Waals surface area contributed by atoms with Crippen LogP contribution in [0.5, 0.6) is 5.75 Å². The molecule has 0 radical (unpaired) electrons. The average Bonchev–Trinajstić information content (AvgIpc) is 3.39. The number of carbonyl (C=O) groups is 3. The van der Waals surface area contributed by atoms with E-state index in [9.17, 15) is 14.4 Å². The van der Waals surface area contributed by atoms with Crippen LogP contribution in [0.2, 0.25) is 0 Å². The van der Waals surface area contributed by atoms with Gasteiger partial charge in [-0.2, -0.15) is 0 Å². The molecule has 2 amide bonds. The van der Waals surface area contributed by atoms with Gasteiger partial charge in [0.15, 0.2) is 0 Å². The first-order valence-electron chi connectivity index (χ1n) is 8.48. The van der Waals surface area contributed by atoms with Crippen molar-refractivity contribution in [2.24, 2.45) is 5.92 Å². The summed E-state index contributed by atoms with van der Waals surface area (Å²) in [5.41, 5.74) is 1.56. The lowest BCUT2D eigenvalue weighted by Gasteiger charge is -2.07. The van der Waals surface area contributed by atoms with Crippen molar-refractivity contribution in [1.82, 2.24) is 10.6 Å². The maximum atomic E-state index is 12.1. The van der Waals surface area contributed by atoms with Crippen molar-refractivity contribution in [3.05, 3.63) is 41.5 Å². The first-order chi connectivity index (χ1) is 12.0. The molecule has 0 saturated heterocycles. The van der Waals surface area contributed by atoms with Crippen LogP contribution < -0.4 is 15.4 Å². The van der Waals surface area contributed by atoms with E-state index in [1.165, 1.54) is 25.8 Å². The van der Waals surface area contributed by atoms with Crippen LogP contribution in [0.3, 0.4) is 0 Å². The van der Waals surface area contributed by atoms with Gasteiger partial charge in [0.2, 0.25) is 5.91 Å². The molecule has 25 heavy (non-hydrogen) atoms. The van der Waals surface area contributed by atoms with Crippen LogP contribution in [-0.4, -0.2) is 30.9 Å². The van der Waals surface area contributed by atoms with Crippen molar-refractivity contribution in [1.29, 1.82) is 0 Å². The zero-order chi connectivity index (χ0) is 18.2. The lowest BCUT2D eigenvalue weighted by molar-refractivity contribution is -0.131. The van der Waals surface area contributed by atoms with Gasteiger partial charge >= 0.3 is 5.97 Å². The molecule has 6 nitrogen and oxygen atoms in total. The molecule has 0 atom stereocenters. The fraction of sp³-hybridized carbons (Fsp3) is 0.421. The molecular weight excluding hydrogens is 320 g/mol. The van der Waals surface area contributed by atoms with E-state index in [0.29, 0.717) is 36.7 Å². The molecule has 2 rings (SSSR count). The van der Waals surface area contributed by atoms with Crippen LogP contribution in [0.1, 0.15) is 43.5 Å². The number of nitrogens with one attached hydrogen (secondary N) is 2. The summed E-state index contributed by atoms with van der Waals surface area (Å²) in [7, 11) is 0. The number of benzene rings is 1. The Hall–Kier alpha value is -2.63. The first-order valence-corrected chi connectivity index (χ1v) is 8.48. The van der Waals surface area contributed by atoms with Crippen molar-refractivity contribution in [2.45, 2.75) is 33.1 Å². The highest BCUT2D eigenvalue weighted by Gasteiger charge is 2.23. The van der Waals surface area contributed by atoms with E-state index < -0.39 is 5.97 Å². The molecule has 1 aromatic carbocycles. The third-order valence-corrected chi connectivity index (χ3v) is 3.88. The third kappa shape index (κ3) is 6.79. The summed E-state index contributed by atoms with van der Waals surface area (Å²) >= 11 is 0. The largest absolute Gasteiger partial charge is 0.427 e. The Morgan fingerprint density at radius 2 is 1.88 bits per heavy atom. The molecular formula is C19H24N2O4. The van der Waals surface area contributed by atoms with Crippen LogP contribution in [-0.2, 0) is 9.59 Å². The maximum absolute atomic E-state index is 12.1. The number of ether oxygens (including phenoxy) is 1. The van der Waals surface area contributed by atoms with E-state index >= 15 is 0 Å². The third-order valence-electron chi connectivity index (χ3n) is 3.88. The minimum Gasteiger partial charge on any atom is -0.427 e. The predicted octanol–water partition coefficient (Wildman–Crippen LogP) is 2.20. The Labute approximate surface area is 147 Å². The fourth-order valence-electron chi connectivity index (χ4n) is 2.39. The van der Waals surface area contributed by atoms with Crippen molar-refractivity contribution in [3.8, 4) is 5.75 Å². The van der Waals surface area contributed by atoms with Gasteiger partial charge in [0.05, 0.1) is 0 Å². The summed E-state index contributed by atoms with van der Waals surface area (Å²) in [6.07, 6.45) is 4.66. The number of amides is 2. The second-order valence-corrected chi connectivity index (χ2v) is 6.18. The van der Waals surface area contributed by atoms with Gasteiger partial charge in [-0.05, 0) is 50.3 Å². The molecule has 1 aromatic rings. The topological polar surface area (TPSA) is 84.5 Å². The van der Waals surface area contributed by atoms with Gasteiger partial charge in [0.25, 0.3) is 5.91 Å². The van der Waals surface area contributed by atoms with Gasteiger partial charge in [-0.15, -0.1) is 0 Å². The SMILES string of the molecule is CC(=O)Oc1cccc(C(=O)NCCCNC(=O)/C=C(\C)C2CC2)c1. The van der Waals surface area contributed by atoms with Gasteiger partial charge < -0.3 is 15.4 Å². The Balaban J connectivity index is 1.67. The number of hydrogen-bond donors (Lipinski definition) is 2. The van der Waals surface area contributed by atoms with Gasteiger partial charge in [0.1, 0.15) is 5.75 Å². The highest BCUT2D eigenvalue weighted by molar-refractivity contribution is 5.94. The van der Waals surface area contributed by atoms with Crippen LogP contribution in [0.15, 0.2) is 35.9 Å². The second-order valence-electron chi connectivity index (χ2n) is 6.18. The van der Waals surface area contributed by atoms with Crippen molar-refractivity contribution >= 4 is 17.8 Å². The van der Waals surface area contributed by atoms with Crippen LogP contribution in [0.4, 0.5) is 0 Å². The molecule has 1 aliphatic rings. The Morgan fingerprint density at radius 1 is 1.16 bits per heavy atom. The number of esters is 1. The molecule has 0 aliphatic heterocycles. The summed E-state index contributed by atoms with van der Waals surface area (Å²) in [4.78, 5) is 34.7. The Kier molecular flexibility index (Phi) is 6.74. The summed E-state index contributed by atoms with van der Waals surface area (Å²) in [6, 6.07) is 6.44. The molecule has 0 spiro atoms. The summed E-state index contributed by atoms with van der Waals surface area (Å²) in [6.45, 7) is 4.24. The number of rotatable bonds is 8. The summed E-state index contributed by atoms with van der Waals surface area (Å²) in [5.74, 6) is 0.173. The monoisotopic (exact) mass is 344 g/mol. The first kappa shape index (κ1) is 18.7. The molecule has 1 saturated carbocycles. The van der Waals surface area contributed by atoms with Crippen molar-refractivity contribution in [2.75, 3.05) is 13.1 Å². The molecule has 0 unspecified atom stereocenters. The zero-order valence-electron chi connectivity index (χ0n) is 14.6. The molecule has 0 aromatic heterocycles. The van der Waals surface area contributed by atoms with E-state index in [2.05, 4.69) is 10.6 Å². The Morgan fingerprint density at radius 3 is 2.56 bits per heavy atom. The van der Waals surface area contributed by atoms with Gasteiger partial charge in [-0.1, -0.05) is 11.6 Å². The molecule has 0 heterocycles. The van der Waals surface area contributed by atoms with Crippen LogP contribution in [0, 0.1) is 5.92 Å². The predicted molar refractivity (Wildman–Crippen MR) is 94.2 cm³/mol. The van der Waals surface area contributed by atoms with E-state index in [-0.39, 0.29) is 11.8 Å². The fourth-order valence-corrected chi connectivity index (χ4v) is 2.39. The standard InChI is InChI=1S/C19H24N2O4/c1-13(15-7-8-15)11-18(23)20-9-4-10-21-19(24)16-5-3-6-17(12-16)25-14(2)22/h3,5-6,11-12,15H,4,7-10H2,1-2H3,(H,20,23)(H,21,24)/b13-11+. The quantitative estimate of drug-likeness (QED) is 0.328. The number of carbonyl (C=O) groups excluding carboxylic acids is 3. The highest BCUT2D eigenvalue weighted by atomic mass is 16.5. The minimum atomic E-state index is -0.431. The normalized spacial score (nSPS) is 13.9. The second kappa shape index (κ2) is 9.01. The number of allylic oxidation sites excluding steroid dienone is 1. The highest BCUT2D eigenvalue weighted by Crippen LogP contribution is 2.35. The van der Waals surface area contributed by atoms with E-state index in [4.69, 9.17) is 4.74 Å². The Bertz CT molecular complexity index is 678. The lowest BCUT2D eigenvalue weighted by Crippen LogP contribution is -2.29. The minimum absolute atomic E-state index is 0.0789. The van der Waals surface area contributed by atoms with E-state index in [0.717, 1.165) is 5.57 Å². The van der Waals surface area contributed by atoms with E-state index in [1.54, 1.807) is 24.3 Å². The van der Waals surface area contributed by atoms with Gasteiger partial charge in [-0.25, -0.2) is 0 Å². The molecule has 134 valence electrons. The molecule has 2 N–H and O–H groups in total. The smallest absolute Gasteiger partial charge is 0.308 e. The van der Waals surface area contributed by atoms with Gasteiger partial charge in [-0.3, -0.25) is 14.4 Å². The van der Waals surface area contributed by atoms with Crippen LogP contribution in [0.25, 0.3) is 0 Å². The molecule has 6 heteroatoms. The number of hydrogen-bond acceptors (Lipinski definition) is 4. The average molecular weight is 344 g/mol. The van der Waals surface area contributed by atoms with E-state index in [1.807, 2.05) is 6.92 Å². The molecule has 1 aliphatic carbocycles. The summed E-state index contributed by atoms with van der Waals surface area (Å²) < 4.78 is 4.96. The van der Waals surface area contributed by atoms with Crippen molar-refractivity contribution in [3.63, 3.8) is 0 Å². The molecule has 1 fully saturated rings.